The topological polar surface area (TPSA) is 27.0 Å². The van der Waals surface area contributed by atoms with Crippen molar-refractivity contribution in [1.82, 2.24) is 4.90 Å². The number of hydrogen-bond acceptors (Lipinski definition) is 3. The lowest BCUT2D eigenvalue weighted by molar-refractivity contribution is 0.346. The molecule has 35 heavy (non-hydrogen) atoms. The molecule has 3 heteroatoms. The van der Waals surface area contributed by atoms with Gasteiger partial charge in [0.25, 0.3) is 0 Å². The predicted octanol–water partition coefficient (Wildman–Crippen LogP) is 9.24. The van der Waals surface area contributed by atoms with Crippen LogP contribution in [0.25, 0.3) is 0 Å². The minimum atomic E-state index is 0.130. The van der Waals surface area contributed by atoms with Gasteiger partial charge in [-0.3, -0.25) is 0 Å². The monoisotopic (exact) mass is 488 g/mol. The zero-order valence-corrected chi connectivity index (χ0v) is 23.4. The van der Waals surface area contributed by atoms with Gasteiger partial charge in [0, 0.05) is 46.9 Å². The van der Waals surface area contributed by atoms with Crippen LogP contribution in [0.3, 0.4) is 0 Å². The SMILES string of the molecule is C=C=CCSC(C)C=CC(C)N(C(=C)C/C(C)=C\C=C\C#N)/C(=C/C/C(C)=C\C=C)C(C)/C=C/C. The third kappa shape index (κ3) is 14.2. The molecule has 188 valence electrons. The molecule has 0 aliphatic rings. The van der Waals surface area contributed by atoms with E-state index in [1.165, 1.54) is 17.3 Å². The van der Waals surface area contributed by atoms with Gasteiger partial charge in [-0.05, 0) is 47.1 Å². The Balaban J connectivity index is 6.27. The largest absolute Gasteiger partial charge is 0.342 e. The average molecular weight is 489 g/mol. The molecule has 0 bridgehead atoms. The molecule has 0 saturated carbocycles. The zero-order chi connectivity index (χ0) is 26.6. The molecule has 0 amide bonds. The zero-order valence-electron chi connectivity index (χ0n) is 22.6. The smallest absolute Gasteiger partial charge is 0.0912 e. The molecule has 3 unspecified atom stereocenters. The molecule has 0 rings (SSSR count). The van der Waals surface area contributed by atoms with Gasteiger partial charge in [0.1, 0.15) is 0 Å². The van der Waals surface area contributed by atoms with Crippen LogP contribution in [0.1, 0.15) is 54.4 Å². The highest BCUT2D eigenvalue weighted by Gasteiger charge is 2.21. The molecule has 0 radical (unpaired) electrons. The highest BCUT2D eigenvalue weighted by molar-refractivity contribution is 8.00. The van der Waals surface area contributed by atoms with E-state index >= 15 is 0 Å². The maximum atomic E-state index is 8.79. The summed E-state index contributed by atoms with van der Waals surface area (Å²) in [5, 5.41) is 9.17. The van der Waals surface area contributed by atoms with Crippen molar-refractivity contribution in [2.75, 3.05) is 5.75 Å². The Morgan fingerprint density at radius 3 is 2.40 bits per heavy atom. The first-order valence-corrected chi connectivity index (χ1v) is 13.2. The maximum absolute atomic E-state index is 8.79. The van der Waals surface area contributed by atoms with Crippen LogP contribution >= 0.6 is 11.8 Å². The summed E-state index contributed by atoms with van der Waals surface area (Å²) in [4.78, 5) is 2.37. The normalized spacial score (nSPS) is 15.6. The van der Waals surface area contributed by atoms with E-state index in [0.717, 1.165) is 29.9 Å². The highest BCUT2D eigenvalue weighted by atomic mass is 32.2. The van der Waals surface area contributed by atoms with E-state index in [4.69, 9.17) is 5.26 Å². The van der Waals surface area contributed by atoms with Crippen molar-refractivity contribution in [1.29, 1.82) is 5.26 Å². The van der Waals surface area contributed by atoms with Gasteiger partial charge in [0.15, 0.2) is 0 Å². The fraction of sp³-hybridized carbons (Fsp3) is 0.375. The van der Waals surface area contributed by atoms with Crippen LogP contribution in [0.2, 0.25) is 0 Å². The first kappa shape index (κ1) is 32.1. The molecule has 0 aromatic rings. The molecular formula is C32H44N2S. The van der Waals surface area contributed by atoms with E-state index in [1.54, 1.807) is 6.08 Å². The summed E-state index contributed by atoms with van der Waals surface area (Å²) in [7, 11) is 0. The van der Waals surface area contributed by atoms with Crippen LogP contribution in [0.4, 0.5) is 0 Å². The second-order valence-electron chi connectivity index (χ2n) is 8.58. The lowest BCUT2D eigenvalue weighted by Gasteiger charge is -2.36. The van der Waals surface area contributed by atoms with E-state index in [0.29, 0.717) is 5.25 Å². The fourth-order valence-corrected chi connectivity index (χ4v) is 4.29. The molecule has 3 atom stereocenters. The van der Waals surface area contributed by atoms with Gasteiger partial charge in [-0.25, -0.2) is 0 Å². The predicted molar refractivity (Wildman–Crippen MR) is 159 cm³/mol. The molecular weight excluding hydrogens is 444 g/mol. The first-order chi connectivity index (χ1) is 16.7. The molecule has 0 aromatic carbocycles. The molecule has 0 heterocycles. The third-order valence-electron chi connectivity index (χ3n) is 5.29. The molecule has 0 fully saturated rings. The number of rotatable bonds is 16. The van der Waals surface area contributed by atoms with Crippen LogP contribution in [-0.2, 0) is 0 Å². The molecule has 0 saturated heterocycles. The minimum absolute atomic E-state index is 0.130. The lowest BCUT2D eigenvalue weighted by Crippen LogP contribution is -2.33. The average Bonchev–Trinajstić information content (AvgIpc) is 2.80. The van der Waals surface area contributed by atoms with Gasteiger partial charge in [-0.2, -0.15) is 5.26 Å². The quantitative estimate of drug-likeness (QED) is 0.0937. The Morgan fingerprint density at radius 1 is 1.09 bits per heavy atom. The molecule has 0 spiro atoms. The van der Waals surface area contributed by atoms with Crippen LogP contribution in [0.5, 0.6) is 0 Å². The first-order valence-electron chi connectivity index (χ1n) is 12.2. The van der Waals surface area contributed by atoms with Crippen molar-refractivity contribution in [2.45, 2.75) is 65.7 Å². The van der Waals surface area contributed by atoms with E-state index in [-0.39, 0.29) is 12.0 Å². The van der Waals surface area contributed by atoms with Gasteiger partial charge in [-0.15, -0.1) is 17.5 Å². The summed E-state index contributed by atoms with van der Waals surface area (Å²) in [6, 6.07) is 2.17. The number of nitrogens with zero attached hydrogens (tertiary/aromatic N) is 2. The maximum Gasteiger partial charge on any atom is 0.0912 e. The standard InChI is InChI=1S/C32H44N2S/c1-10-13-24-35-31(9)21-20-29(7)34(30(8)25-27(5)18-14-15-23-33)32(28(6)17-12-3)22-19-26(4)16-11-2/h11-18,20-22,28-29,31H,1-2,8,19,24-25H2,3-7,9H3/b15-14+,17-12+,21-20?,26-16-,27-18-,32-22+. The Hall–Kier alpha value is -2.92. The molecule has 0 aliphatic carbocycles. The Morgan fingerprint density at radius 2 is 1.80 bits per heavy atom. The summed E-state index contributed by atoms with van der Waals surface area (Å²) >= 11 is 1.86. The van der Waals surface area contributed by atoms with Crippen LogP contribution in [-0.4, -0.2) is 21.9 Å². The van der Waals surface area contributed by atoms with Crippen LogP contribution in [0.15, 0.2) is 115 Å². The van der Waals surface area contributed by atoms with Crippen molar-refractivity contribution in [3.63, 3.8) is 0 Å². The van der Waals surface area contributed by atoms with Crippen LogP contribution in [0, 0.1) is 17.2 Å². The molecule has 0 aliphatic heterocycles. The summed E-state index contributed by atoms with van der Waals surface area (Å²) < 4.78 is 0. The van der Waals surface area contributed by atoms with Gasteiger partial charge < -0.3 is 4.90 Å². The summed E-state index contributed by atoms with van der Waals surface area (Å²) in [5.41, 5.74) is 7.52. The highest BCUT2D eigenvalue weighted by Crippen LogP contribution is 2.29. The molecule has 0 aromatic heterocycles. The Kier molecular flexibility index (Phi) is 17.8. The van der Waals surface area contributed by atoms with E-state index in [9.17, 15) is 0 Å². The van der Waals surface area contributed by atoms with Crippen molar-refractivity contribution >= 4 is 11.8 Å². The van der Waals surface area contributed by atoms with Crippen molar-refractivity contribution in [2.24, 2.45) is 5.92 Å². The minimum Gasteiger partial charge on any atom is -0.342 e. The van der Waals surface area contributed by atoms with E-state index in [1.807, 2.05) is 36.1 Å². The fourth-order valence-electron chi connectivity index (χ4n) is 3.57. The second kappa shape index (κ2) is 19.4. The van der Waals surface area contributed by atoms with Crippen LogP contribution < -0.4 is 0 Å². The van der Waals surface area contributed by atoms with Gasteiger partial charge in [-0.1, -0.05) is 92.5 Å². The number of hydrogen-bond donors (Lipinski definition) is 0. The number of allylic oxidation sites excluding steroid dienone is 10. The Bertz CT molecular complexity index is 943. The summed E-state index contributed by atoms with van der Waals surface area (Å²) in [6.45, 7) is 24.9. The summed E-state index contributed by atoms with van der Waals surface area (Å²) in [5.74, 6) is 1.13. The molecule has 0 N–H and O–H groups in total. The van der Waals surface area contributed by atoms with E-state index in [2.05, 4.69) is 108 Å². The van der Waals surface area contributed by atoms with Gasteiger partial charge in [0.05, 0.1) is 6.07 Å². The van der Waals surface area contributed by atoms with E-state index < -0.39 is 0 Å². The summed E-state index contributed by atoms with van der Waals surface area (Å²) in [6.07, 6.45) is 23.9. The van der Waals surface area contributed by atoms with Crippen molar-refractivity contribution in [3.05, 3.63) is 115 Å². The van der Waals surface area contributed by atoms with Crippen molar-refractivity contribution < 1.29 is 0 Å². The van der Waals surface area contributed by atoms with Gasteiger partial charge >= 0.3 is 0 Å². The Labute approximate surface area is 219 Å². The third-order valence-corrected chi connectivity index (χ3v) is 6.33. The number of thioether (sulfide) groups is 1. The second-order valence-corrected chi connectivity index (χ2v) is 9.99. The number of nitriles is 1. The molecule has 2 nitrogen and oxygen atoms in total. The lowest BCUT2D eigenvalue weighted by atomic mass is 9.99. The van der Waals surface area contributed by atoms with Gasteiger partial charge in [0.2, 0.25) is 0 Å². The van der Waals surface area contributed by atoms with Crippen molar-refractivity contribution in [3.8, 4) is 6.07 Å².